The number of hydrogen-bond acceptors (Lipinski definition) is 3. The van der Waals surface area contributed by atoms with E-state index in [0.29, 0.717) is 18.7 Å². The summed E-state index contributed by atoms with van der Waals surface area (Å²) >= 11 is 0. The molecule has 1 aromatic carbocycles. The Balaban J connectivity index is 2.70. The van der Waals surface area contributed by atoms with Crippen molar-refractivity contribution in [1.82, 2.24) is 4.90 Å². The molecule has 0 fully saturated rings. The number of benzene rings is 1. The van der Waals surface area contributed by atoms with Crippen LogP contribution < -0.4 is 5.32 Å². The first-order valence-electron chi connectivity index (χ1n) is 7.16. The number of aliphatic hydroxyl groups excluding tert-OH is 1. The van der Waals surface area contributed by atoms with E-state index in [1.54, 1.807) is 20.0 Å². The highest BCUT2D eigenvalue weighted by Gasteiger charge is 2.20. The average molecular weight is 292 g/mol. The Kier molecular flexibility index (Phi) is 6.37. The summed E-state index contributed by atoms with van der Waals surface area (Å²) < 4.78 is 0. The largest absolute Gasteiger partial charge is 0.393 e. The Morgan fingerprint density at radius 3 is 2.43 bits per heavy atom. The minimum absolute atomic E-state index is 0.254. The molecule has 0 bridgehead atoms. The van der Waals surface area contributed by atoms with Crippen LogP contribution in [-0.4, -0.2) is 41.5 Å². The lowest BCUT2D eigenvalue weighted by atomic mass is 10.0. The van der Waals surface area contributed by atoms with Crippen molar-refractivity contribution in [2.75, 3.05) is 18.9 Å². The van der Waals surface area contributed by atoms with E-state index in [9.17, 15) is 14.7 Å². The van der Waals surface area contributed by atoms with Crippen LogP contribution >= 0.6 is 0 Å². The van der Waals surface area contributed by atoms with Crippen LogP contribution in [0.1, 0.15) is 38.7 Å². The summed E-state index contributed by atoms with van der Waals surface area (Å²) in [5.74, 6) is -1.00. The van der Waals surface area contributed by atoms with Crippen molar-refractivity contribution in [3.63, 3.8) is 0 Å². The van der Waals surface area contributed by atoms with Gasteiger partial charge in [-0.3, -0.25) is 9.59 Å². The number of carbonyl (C=O) groups is 2. The Morgan fingerprint density at radius 1 is 1.24 bits per heavy atom. The molecule has 1 unspecified atom stereocenters. The summed E-state index contributed by atoms with van der Waals surface area (Å²) in [5.41, 5.74) is 1.65. The third-order valence-corrected chi connectivity index (χ3v) is 3.25. The van der Waals surface area contributed by atoms with Crippen LogP contribution in [0.3, 0.4) is 0 Å². The smallest absolute Gasteiger partial charge is 0.313 e. The predicted octanol–water partition coefficient (Wildman–Crippen LogP) is 1.98. The second-order valence-electron chi connectivity index (χ2n) is 5.56. The molecule has 2 amide bonds. The van der Waals surface area contributed by atoms with Crippen molar-refractivity contribution in [3.8, 4) is 0 Å². The summed E-state index contributed by atoms with van der Waals surface area (Å²) in [5, 5.41) is 11.9. The van der Waals surface area contributed by atoms with E-state index in [-0.39, 0.29) is 5.92 Å². The van der Waals surface area contributed by atoms with E-state index in [1.165, 1.54) is 4.90 Å². The van der Waals surface area contributed by atoms with Crippen LogP contribution in [0.25, 0.3) is 0 Å². The fourth-order valence-corrected chi connectivity index (χ4v) is 1.95. The van der Waals surface area contributed by atoms with Gasteiger partial charge in [0.05, 0.1) is 6.10 Å². The third kappa shape index (κ3) is 5.19. The Morgan fingerprint density at radius 2 is 1.86 bits per heavy atom. The van der Waals surface area contributed by atoms with Crippen LogP contribution in [0.5, 0.6) is 0 Å². The van der Waals surface area contributed by atoms with Crippen LogP contribution in [0.2, 0.25) is 0 Å². The monoisotopic (exact) mass is 292 g/mol. The highest BCUT2D eigenvalue weighted by Crippen LogP contribution is 2.23. The van der Waals surface area contributed by atoms with E-state index >= 15 is 0 Å². The van der Waals surface area contributed by atoms with Crippen molar-refractivity contribution in [1.29, 1.82) is 0 Å². The van der Waals surface area contributed by atoms with Gasteiger partial charge in [-0.2, -0.15) is 0 Å². The molecule has 1 atom stereocenters. The van der Waals surface area contributed by atoms with Crippen LogP contribution in [0, 0.1) is 0 Å². The maximum Gasteiger partial charge on any atom is 0.313 e. The number of nitrogens with one attached hydrogen (secondary N) is 1. The van der Waals surface area contributed by atoms with E-state index in [1.807, 2.05) is 32.0 Å². The molecule has 0 saturated carbocycles. The van der Waals surface area contributed by atoms with Gasteiger partial charge < -0.3 is 15.3 Å². The van der Waals surface area contributed by atoms with Crippen molar-refractivity contribution in [2.24, 2.45) is 0 Å². The quantitative estimate of drug-likeness (QED) is 0.815. The van der Waals surface area contributed by atoms with Gasteiger partial charge in [-0.25, -0.2) is 0 Å². The molecule has 5 heteroatoms. The second kappa shape index (κ2) is 7.78. The van der Waals surface area contributed by atoms with Gasteiger partial charge in [0.25, 0.3) is 0 Å². The van der Waals surface area contributed by atoms with Crippen molar-refractivity contribution >= 4 is 17.5 Å². The molecule has 5 nitrogen and oxygen atoms in total. The molecule has 0 spiro atoms. The molecule has 0 aliphatic rings. The topological polar surface area (TPSA) is 69.6 Å². The fraction of sp³-hybridized carbons (Fsp3) is 0.500. The summed E-state index contributed by atoms with van der Waals surface area (Å²) in [6.07, 6.45) is -0.0528. The number of para-hydroxylation sites is 1. The number of anilines is 1. The zero-order chi connectivity index (χ0) is 16.0. The van der Waals surface area contributed by atoms with Gasteiger partial charge in [-0.15, -0.1) is 0 Å². The van der Waals surface area contributed by atoms with E-state index < -0.39 is 17.9 Å². The molecule has 1 rings (SSSR count). The zero-order valence-electron chi connectivity index (χ0n) is 13.1. The number of rotatable bonds is 5. The minimum Gasteiger partial charge on any atom is -0.393 e. The van der Waals surface area contributed by atoms with E-state index in [0.717, 1.165) is 5.56 Å². The maximum atomic E-state index is 12.0. The molecule has 0 aliphatic carbocycles. The van der Waals surface area contributed by atoms with Crippen molar-refractivity contribution in [3.05, 3.63) is 29.8 Å². The van der Waals surface area contributed by atoms with Crippen molar-refractivity contribution < 1.29 is 14.7 Å². The number of aliphatic hydroxyl groups is 1. The lowest BCUT2D eigenvalue weighted by Crippen LogP contribution is -2.38. The summed E-state index contributed by atoms with van der Waals surface area (Å²) in [7, 11) is 1.55. The van der Waals surface area contributed by atoms with Gasteiger partial charge in [0.1, 0.15) is 0 Å². The summed E-state index contributed by atoms with van der Waals surface area (Å²) in [4.78, 5) is 25.3. The molecule has 1 aromatic rings. The second-order valence-corrected chi connectivity index (χ2v) is 5.56. The van der Waals surface area contributed by atoms with Crippen LogP contribution in [0.15, 0.2) is 24.3 Å². The van der Waals surface area contributed by atoms with E-state index in [2.05, 4.69) is 5.32 Å². The Labute approximate surface area is 126 Å². The lowest BCUT2D eigenvalue weighted by Gasteiger charge is -2.18. The maximum absolute atomic E-state index is 12.0. The van der Waals surface area contributed by atoms with Gasteiger partial charge in [-0.05, 0) is 30.9 Å². The molecular formula is C16H24N2O3. The number of carbonyl (C=O) groups excluding carboxylic acids is 2. The molecule has 0 heterocycles. The first-order chi connectivity index (χ1) is 9.82. The van der Waals surface area contributed by atoms with Gasteiger partial charge >= 0.3 is 11.8 Å². The Hall–Kier alpha value is -1.88. The summed E-state index contributed by atoms with van der Waals surface area (Å²) in [6, 6.07) is 7.45. The van der Waals surface area contributed by atoms with Gasteiger partial charge in [0.15, 0.2) is 0 Å². The number of hydrogen-bond donors (Lipinski definition) is 2. The standard InChI is InChI=1S/C16H24N2O3/c1-11(2)13-7-5-6-8-14(13)17-15(20)16(21)18(4)10-9-12(3)19/h5-8,11-12,19H,9-10H2,1-4H3,(H,17,20). The molecule has 2 N–H and O–H groups in total. The molecule has 0 aromatic heterocycles. The summed E-state index contributed by atoms with van der Waals surface area (Å²) in [6.45, 7) is 6.05. The molecule has 0 radical (unpaired) electrons. The van der Waals surface area contributed by atoms with Crippen LogP contribution in [-0.2, 0) is 9.59 Å². The molecule has 0 saturated heterocycles. The minimum atomic E-state index is -0.656. The number of amides is 2. The molecule has 21 heavy (non-hydrogen) atoms. The highest BCUT2D eigenvalue weighted by molar-refractivity contribution is 6.39. The normalized spacial score (nSPS) is 12.1. The lowest BCUT2D eigenvalue weighted by molar-refractivity contribution is -0.142. The fourth-order valence-electron chi connectivity index (χ4n) is 1.95. The van der Waals surface area contributed by atoms with Crippen molar-refractivity contribution in [2.45, 2.75) is 39.2 Å². The number of likely N-dealkylation sites (N-methyl/N-ethyl adjacent to an activating group) is 1. The first-order valence-corrected chi connectivity index (χ1v) is 7.16. The predicted molar refractivity (Wildman–Crippen MR) is 83.1 cm³/mol. The molecule has 0 aliphatic heterocycles. The SMILES string of the molecule is CC(O)CCN(C)C(=O)C(=O)Nc1ccccc1C(C)C. The van der Waals surface area contributed by atoms with E-state index in [4.69, 9.17) is 0 Å². The molecular weight excluding hydrogens is 268 g/mol. The van der Waals surface area contributed by atoms with Gasteiger partial charge in [0, 0.05) is 19.3 Å². The van der Waals surface area contributed by atoms with Gasteiger partial charge in [0.2, 0.25) is 0 Å². The Bertz CT molecular complexity index is 498. The first kappa shape index (κ1) is 17.2. The van der Waals surface area contributed by atoms with Gasteiger partial charge in [-0.1, -0.05) is 32.0 Å². The molecule has 116 valence electrons. The average Bonchev–Trinajstić information content (AvgIpc) is 2.44. The zero-order valence-corrected chi connectivity index (χ0v) is 13.1. The van der Waals surface area contributed by atoms with Crippen LogP contribution in [0.4, 0.5) is 5.69 Å². The third-order valence-electron chi connectivity index (χ3n) is 3.25. The highest BCUT2D eigenvalue weighted by atomic mass is 16.3. The number of nitrogens with zero attached hydrogens (tertiary/aromatic N) is 1.